The molecule has 0 aromatic heterocycles. The van der Waals surface area contributed by atoms with Crippen LogP contribution in [0.5, 0.6) is 0 Å². The van der Waals surface area contributed by atoms with Gasteiger partial charge in [-0.3, -0.25) is 14.4 Å². The van der Waals surface area contributed by atoms with E-state index < -0.39 is 11.8 Å². The van der Waals surface area contributed by atoms with E-state index in [0.29, 0.717) is 16.3 Å². The fraction of sp³-hybridized carbons (Fsp3) is 0.0870. The van der Waals surface area contributed by atoms with Crippen LogP contribution in [-0.2, 0) is 6.42 Å². The molecule has 0 unspecified atom stereocenters. The number of benzene rings is 3. The third-order valence-corrected chi connectivity index (χ3v) is 5.21. The highest BCUT2D eigenvalue weighted by Crippen LogP contribution is 2.33. The van der Waals surface area contributed by atoms with Crippen LogP contribution in [-0.4, -0.2) is 17.7 Å². The highest BCUT2D eigenvalue weighted by Gasteiger charge is 2.38. The van der Waals surface area contributed by atoms with E-state index in [0.717, 1.165) is 22.6 Å². The van der Waals surface area contributed by atoms with Crippen molar-refractivity contribution < 1.29 is 14.4 Å². The summed E-state index contributed by atoms with van der Waals surface area (Å²) in [5, 5.41) is 3.18. The molecule has 1 aliphatic heterocycles. The Kier molecular flexibility index (Phi) is 4.91. The minimum Gasteiger partial charge on any atom is -0.322 e. The second-order valence-corrected chi connectivity index (χ2v) is 7.03. The number of carbonyl (C=O) groups excluding carboxylic acids is 3. The van der Waals surface area contributed by atoms with Crippen molar-refractivity contribution >= 4 is 40.7 Å². The third kappa shape index (κ3) is 3.30. The lowest BCUT2D eigenvalue weighted by atomic mass is 10.0. The molecule has 0 saturated heterocycles. The van der Waals surface area contributed by atoms with Crippen molar-refractivity contribution in [3.05, 3.63) is 94.0 Å². The molecule has 3 aromatic rings. The van der Waals surface area contributed by atoms with Crippen molar-refractivity contribution in [1.82, 2.24) is 0 Å². The average Bonchev–Trinajstić information content (AvgIpc) is 2.98. The van der Waals surface area contributed by atoms with E-state index >= 15 is 0 Å². The number of anilines is 2. The molecule has 1 heterocycles. The minimum atomic E-state index is -0.498. The summed E-state index contributed by atoms with van der Waals surface area (Å²) in [5.41, 5.74) is 2.80. The summed E-state index contributed by atoms with van der Waals surface area (Å²) in [4.78, 5) is 39.4. The first-order chi connectivity index (χ1) is 14.0. The molecule has 29 heavy (non-hydrogen) atoms. The summed E-state index contributed by atoms with van der Waals surface area (Å²) >= 11 is 6.17. The Labute approximate surface area is 172 Å². The van der Waals surface area contributed by atoms with Crippen LogP contribution < -0.4 is 10.2 Å². The summed E-state index contributed by atoms with van der Waals surface area (Å²) in [5.74, 6) is -1.30. The predicted molar refractivity (Wildman–Crippen MR) is 113 cm³/mol. The molecule has 0 fully saturated rings. The Morgan fingerprint density at radius 3 is 2.38 bits per heavy atom. The van der Waals surface area contributed by atoms with Gasteiger partial charge in [0.1, 0.15) is 0 Å². The maximum atomic E-state index is 12.9. The van der Waals surface area contributed by atoms with Gasteiger partial charge in [0, 0.05) is 11.3 Å². The van der Waals surface area contributed by atoms with Crippen LogP contribution in [0.1, 0.15) is 43.6 Å². The molecule has 3 aromatic carbocycles. The van der Waals surface area contributed by atoms with Crippen LogP contribution in [0.3, 0.4) is 0 Å². The van der Waals surface area contributed by atoms with Gasteiger partial charge in [-0.1, -0.05) is 48.9 Å². The monoisotopic (exact) mass is 404 g/mol. The number of para-hydroxylation sites is 2. The summed E-state index contributed by atoms with van der Waals surface area (Å²) < 4.78 is 0. The number of hydrogen-bond acceptors (Lipinski definition) is 3. The predicted octanol–water partition coefficient (Wildman–Crippen LogP) is 4.96. The number of imide groups is 1. The van der Waals surface area contributed by atoms with Gasteiger partial charge in [0.2, 0.25) is 0 Å². The number of nitrogens with zero attached hydrogens (tertiary/aromatic N) is 1. The molecule has 0 radical (unpaired) electrons. The van der Waals surface area contributed by atoms with E-state index in [9.17, 15) is 14.4 Å². The molecule has 0 spiro atoms. The maximum absolute atomic E-state index is 12.9. The first-order valence-corrected chi connectivity index (χ1v) is 9.55. The minimum absolute atomic E-state index is 0.186. The molecule has 1 aliphatic rings. The van der Waals surface area contributed by atoms with Crippen LogP contribution in [0, 0.1) is 0 Å². The Bertz CT molecular complexity index is 1160. The Morgan fingerprint density at radius 2 is 1.62 bits per heavy atom. The highest BCUT2D eigenvalue weighted by molar-refractivity contribution is 6.40. The Balaban J connectivity index is 1.66. The lowest BCUT2D eigenvalue weighted by Crippen LogP contribution is -2.29. The van der Waals surface area contributed by atoms with Crippen LogP contribution in [0.15, 0.2) is 66.7 Å². The normalized spacial score (nSPS) is 12.8. The van der Waals surface area contributed by atoms with Crippen LogP contribution in [0.4, 0.5) is 11.4 Å². The number of amides is 3. The average molecular weight is 405 g/mol. The fourth-order valence-electron chi connectivity index (χ4n) is 3.38. The van der Waals surface area contributed by atoms with E-state index in [4.69, 9.17) is 11.6 Å². The quantitative estimate of drug-likeness (QED) is 0.625. The van der Waals surface area contributed by atoms with Crippen LogP contribution in [0.2, 0.25) is 5.02 Å². The molecule has 4 rings (SSSR count). The molecule has 3 amide bonds. The summed E-state index contributed by atoms with van der Waals surface area (Å²) in [6.45, 7) is 2.01. The summed E-state index contributed by atoms with van der Waals surface area (Å²) in [6, 6.07) is 18.7. The lowest BCUT2D eigenvalue weighted by molar-refractivity contribution is 0.0925. The molecule has 0 bridgehead atoms. The van der Waals surface area contributed by atoms with Gasteiger partial charge in [-0.25, -0.2) is 4.90 Å². The molecule has 6 heteroatoms. The topological polar surface area (TPSA) is 66.5 Å². The highest BCUT2D eigenvalue weighted by atomic mass is 35.5. The number of carbonyl (C=O) groups is 3. The van der Waals surface area contributed by atoms with Gasteiger partial charge in [0.15, 0.2) is 0 Å². The molecular weight excluding hydrogens is 388 g/mol. The number of nitrogens with one attached hydrogen (secondary N) is 1. The Morgan fingerprint density at radius 1 is 0.931 bits per heavy atom. The molecule has 1 N–H and O–H groups in total. The van der Waals surface area contributed by atoms with Crippen molar-refractivity contribution in [2.24, 2.45) is 0 Å². The number of hydrogen-bond donors (Lipinski definition) is 1. The van der Waals surface area contributed by atoms with Crippen LogP contribution in [0.25, 0.3) is 0 Å². The van der Waals surface area contributed by atoms with Gasteiger partial charge in [0.25, 0.3) is 17.7 Å². The first kappa shape index (κ1) is 18.9. The second-order valence-electron chi connectivity index (χ2n) is 6.62. The molecular formula is C23H17ClN2O3. The SMILES string of the molecule is CCc1ccccc1NC(=O)c1ccc2c(c1)C(=O)N(c1ccccc1Cl)C2=O. The molecule has 0 saturated carbocycles. The Hall–Kier alpha value is -3.44. The van der Waals surface area contributed by atoms with E-state index in [1.54, 1.807) is 30.3 Å². The smallest absolute Gasteiger partial charge is 0.266 e. The van der Waals surface area contributed by atoms with Crippen molar-refractivity contribution in [3.63, 3.8) is 0 Å². The van der Waals surface area contributed by atoms with Gasteiger partial charge >= 0.3 is 0 Å². The van der Waals surface area contributed by atoms with E-state index in [1.807, 2.05) is 31.2 Å². The zero-order chi connectivity index (χ0) is 20.5. The van der Waals surface area contributed by atoms with E-state index in [2.05, 4.69) is 5.32 Å². The largest absolute Gasteiger partial charge is 0.322 e. The van der Waals surface area contributed by atoms with Gasteiger partial charge in [-0.15, -0.1) is 0 Å². The fourth-order valence-corrected chi connectivity index (χ4v) is 3.60. The summed E-state index contributed by atoms with van der Waals surface area (Å²) in [7, 11) is 0. The summed E-state index contributed by atoms with van der Waals surface area (Å²) in [6.07, 6.45) is 0.778. The van der Waals surface area contributed by atoms with Crippen molar-refractivity contribution in [2.45, 2.75) is 13.3 Å². The molecule has 0 atom stereocenters. The first-order valence-electron chi connectivity index (χ1n) is 9.18. The zero-order valence-electron chi connectivity index (χ0n) is 15.6. The number of rotatable bonds is 4. The standard InChI is InChI=1S/C23H17ClN2O3/c1-2-14-7-3-5-9-19(14)25-21(27)15-11-12-16-17(13-15)23(29)26(22(16)28)20-10-6-4-8-18(20)24/h3-13H,2H2,1H3,(H,25,27). The van der Waals surface area contributed by atoms with Gasteiger partial charge in [-0.2, -0.15) is 0 Å². The molecule has 5 nitrogen and oxygen atoms in total. The van der Waals surface area contributed by atoms with E-state index in [-0.39, 0.29) is 17.0 Å². The van der Waals surface area contributed by atoms with Gasteiger partial charge in [-0.05, 0) is 48.4 Å². The number of halogens is 1. The number of fused-ring (bicyclic) bond motifs is 1. The maximum Gasteiger partial charge on any atom is 0.266 e. The van der Waals surface area contributed by atoms with Gasteiger partial charge in [0.05, 0.1) is 21.8 Å². The van der Waals surface area contributed by atoms with Gasteiger partial charge < -0.3 is 5.32 Å². The number of aryl methyl sites for hydroxylation is 1. The zero-order valence-corrected chi connectivity index (χ0v) is 16.4. The molecule has 144 valence electrons. The molecule has 0 aliphatic carbocycles. The third-order valence-electron chi connectivity index (χ3n) is 4.89. The van der Waals surface area contributed by atoms with Crippen LogP contribution >= 0.6 is 11.6 Å². The second kappa shape index (κ2) is 7.53. The van der Waals surface area contributed by atoms with Crippen molar-refractivity contribution in [2.75, 3.05) is 10.2 Å². The van der Waals surface area contributed by atoms with E-state index in [1.165, 1.54) is 12.1 Å². The van der Waals surface area contributed by atoms with Crippen molar-refractivity contribution in [3.8, 4) is 0 Å². The van der Waals surface area contributed by atoms with Crippen molar-refractivity contribution in [1.29, 1.82) is 0 Å². The lowest BCUT2D eigenvalue weighted by Gasteiger charge is -2.15.